The van der Waals surface area contributed by atoms with Crippen LogP contribution >= 0.6 is 0 Å². The fourth-order valence-electron chi connectivity index (χ4n) is 2.38. The van der Waals surface area contributed by atoms with Gasteiger partial charge in [0.25, 0.3) is 5.91 Å². The number of urea groups is 1. The Balaban J connectivity index is 2.02. The minimum Gasteiger partial charge on any atom is -0.496 e. The Bertz CT molecular complexity index is 765. The molecular formula is C18H23N5O3. The van der Waals surface area contributed by atoms with Crippen molar-refractivity contribution in [3.63, 3.8) is 0 Å². The molecule has 0 aliphatic heterocycles. The van der Waals surface area contributed by atoms with E-state index in [0.717, 1.165) is 5.69 Å². The normalized spacial score (nSPS) is 11.4. The molecule has 8 heteroatoms. The lowest BCUT2D eigenvalue weighted by Gasteiger charge is -2.16. The zero-order valence-corrected chi connectivity index (χ0v) is 15.3. The maximum atomic E-state index is 12.2. The van der Waals surface area contributed by atoms with Crippen LogP contribution in [0.4, 0.5) is 10.5 Å². The molecule has 26 heavy (non-hydrogen) atoms. The van der Waals surface area contributed by atoms with Gasteiger partial charge in [-0.2, -0.15) is 0 Å². The lowest BCUT2D eigenvalue weighted by Crippen LogP contribution is -2.37. The summed E-state index contributed by atoms with van der Waals surface area (Å²) in [6.07, 6.45) is 5.44. The number of rotatable bonds is 6. The van der Waals surface area contributed by atoms with Gasteiger partial charge in [0.15, 0.2) is 0 Å². The standard InChI is InChI=1S/C18H23N5O3/c1-12(9-14-11-19-7-8-20-14)21-18(25)22-13-5-6-16(26-4)15(10-13)17(24)23(2)3/h5-8,10-12H,9H2,1-4H3,(H2,21,22,25)/t12-/m1/s1. The average molecular weight is 357 g/mol. The van der Waals surface area contributed by atoms with Crippen molar-refractivity contribution in [2.75, 3.05) is 26.5 Å². The third-order valence-corrected chi connectivity index (χ3v) is 3.60. The predicted molar refractivity (Wildman–Crippen MR) is 98.4 cm³/mol. The molecule has 0 bridgehead atoms. The van der Waals surface area contributed by atoms with Crippen LogP contribution in [0.15, 0.2) is 36.8 Å². The monoisotopic (exact) mass is 357 g/mol. The molecule has 1 aromatic carbocycles. The van der Waals surface area contributed by atoms with E-state index < -0.39 is 0 Å². The molecule has 0 saturated heterocycles. The van der Waals surface area contributed by atoms with Crippen molar-refractivity contribution in [2.45, 2.75) is 19.4 Å². The summed E-state index contributed by atoms with van der Waals surface area (Å²) < 4.78 is 5.22. The van der Waals surface area contributed by atoms with Gasteiger partial charge in [0.2, 0.25) is 0 Å². The summed E-state index contributed by atoms with van der Waals surface area (Å²) in [6, 6.07) is 4.42. The van der Waals surface area contributed by atoms with Gasteiger partial charge in [0.05, 0.1) is 18.4 Å². The molecule has 0 spiro atoms. The highest BCUT2D eigenvalue weighted by molar-refractivity contribution is 5.99. The number of methoxy groups -OCH3 is 1. The summed E-state index contributed by atoms with van der Waals surface area (Å²) in [5.41, 5.74) is 1.67. The van der Waals surface area contributed by atoms with Crippen LogP contribution in [0.3, 0.4) is 0 Å². The summed E-state index contributed by atoms with van der Waals surface area (Å²) in [5, 5.41) is 5.56. The van der Waals surface area contributed by atoms with E-state index >= 15 is 0 Å². The fraction of sp³-hybridized carbons (Fsp3) is 0.333. The second-order valence-corrected chi connectivity index (χ2v) is 6.02. The van der Waals surface area contributed by atoms with E-state index in [0.29, 0.717) is 23.4 Å². The van der Waals surface area contributed by atoms with Crippen molar-refractivity contribution in [3.8, 4) is 5.75 Å². The number of nitrogens with zero attached hydrogens (tertiary/aromatic N) is 3. The minimum atomic E-state index is -0.366. The summed E-state index contributed by atoms with van der Waals surface area (Å²) in [7, 11) is 4.81. The molecule has 0 aliphatic rings. The number of hydrogen-bond donors (Lipinski definition) is 2. The summed E-state index contributed by atoms with van der Waals surface area (Å²) in [5.74, 6) is 0.243. The van der Waals surface area contributed by atoms with Gasteiger partial charge in [-0.1, -0.05) is 0 Å². The molecule has 2 N–H and O–H groups in total. The first kappa shape index (κ1) is 19.2. The van der Waals surface area contributed by atoms with Gasteiger partial charge in [-0.3, -0.25) is 14.8 Å². The molecule has 2 aromatic rings. The van der Waals surface area contributed by atoms with Crippen molar-refractivity contribution in [3.05, 3.63) is 48.0 Å². The number of carbonyl (C=O) groups is 2. The first-order valence-electron chi connectivity index (χ1n) is 8.12. The Labute approximate surface area is 152 Å². The topological polar surface area (TPSA) is 96.5 Å². The van der Waals surface area contributed by atoms with Gasteiger partial charge in [0.1, 0.15) is 5.75 Å². The third-order valence-electron chi connectivity index (χ3n) is 3.60. The second kappa shape index (κ2) is 8.80. The first-order valence-corrected chi connectivity index (χ1v) is 8.12. The van der Waals surface area contributed by atoms with Crippen molar-refractivity contribution >= 4 is 17.6 Å². The molecule has 0 saturated carbocycles. The van der Waals surface area contributed by atoms with E-state index in [1.807, 2.05) is 6.92 Å². The van der Waals surface area contributed by atoms with Gasteiger partial charge in [-0.25, -0.2) is 4.79 Å². The van der Waals surface area contributed by atoms with Gasteiger partial charge in [0, 0.05) is 50.8 Å². The average Bonchev–Trinajstić information content (AvgIpc) is 2.61. The van der Waals surface area contributed by atoms with E-state index in [-0.39, 0.29) is 18.0 Å². The third kappa shape index (κ3) is 5.17. The SMILES string of the molecule is COc1ccc(NC(=O)N[C@H](C)Cc2cnccn2)cc1C(=O)N(C)C. The Morgan fingerprint density at radius 1 is 1.27 bits per heavy atom. The van der Waals surface area contributed by atoms with E-state index in [1.165, 1.54) is 12.0 Å². The van der Waals surface area contributed by atoms with E-state index in [2.05, 4.69) is 20.6 Å². The number of hydrogen-bond acceptors (Lipinski definition) is 5. The van der Waals surface area contributed by atoms with Crippen molar-refractivity contribution in [1.29, 1.82) is 0 Å². The highest BCUT2D eigenvalue weighted by Gasteiger charge is 2.16. The molecule has 1 aromatic heterocycles. The van der Waals surface area contributed by atoms with E-state index in [1.54, 1.807) is 50.9 Å². The Morgan fingerprint density at radius 3 is 2.65 bits per heavy atom. The maximum Gasteiger partial charge on any atom is 0.319 e. The molecule has 8 nitrogen and oxygen atoms in total. The predicted octanol–water partition coefficient (Wildman–Crippen LogP) is 1.94. The molecule has 1 heterocycles. The van der Waals surface area contributed by atoms with Crippen LogP contribution in [0.2, 0.25) is 0 Å². The van der Waals surface area contributed by atoms with Crippen molar-refractivity contribution in [2.24, 2.45) is 0 Å². The van der Waals surface area contributed by atoms with Crippen LogP contribution in [-0.2, 0) is 6.42 Å². The number of aromatic nitrogens is 2. The van der Waals surface area contributed by atoms with Crippen LogP contribution in [0.1, 0.15) is 23.0 Å². The number of ether oxygens (including phenoxy) is 1. The highest BCUT2D eigenvalue weighted by Crippen LogP contribution is 2.23. The maximum absolute atomic E-state index is 12.2. The van der Waals surface area contributed by atoms with Gasteiger partial charge < -0.3 is 20.3 Å². The summed E-state index contributed by atoms with van der Waals surface area (Å²) in [6.45, 7) is 1.88. The van der Waals surface area contributed by atoms with Crippen LogP contribution in [0.5, 0.6) is 5.75 Å². The molecule has 0 fully saturated rings. The number of anilines is 1. The fourth-order valence-corrected chi connectivity index (χ4v) is 2.38. The van der Waals surface area contributed by atoms with Crippen molar-refractivity contribution < 1.29 is 14.3 Å². The molecule has 2 rings (SSSR count). The van der Waals surface area contributed by atoms with Crippen LogP contribution < -0.4 is 15.4 Å². The number of benzene rings is 1. The summed E-state index contributed by atoms with van der Waals surface area (Å²) >= 11 is 0. The Hall–Kier alpha value is -3.16. The molecule has 0 aliphatic carbocycles. The smallest absolute Gasteiger partial charge is 0.319 e. The van der Waals surface area contributed by atoms with Crippen LogP contribution in [0.25, 0.3) is 0 Å². The molecule has 1 atom stereocenters. The Morgan fingerprint density at radius 2 is 2.04 bits per heavy atom. The molecule has 3 amide bonds. The molecule has 0 radical (unpaired) electrons. The van der Waals surface area contributed by atoms with Crippen LogP contribution in [0, 0.1) is 0 Å². The lowest BCUT2D eigenvalue weighted by atomic mass is 10.1. The quantitative estimate of drug-likeness (QED) is 0.824. The highest BCUT2D eigenvalue weighted by atomic mass is 16.5. The Kier molecular flexibility index (Phi) is 6.48. The first-order chi connectivity index (χ1) is 12.4. The zero-order valence-electron chi connectivity index (χ0n) is 15.3. The number of nitrogens with one attached hydrogen (secondary N) is 2. The number of amides is 3. The minimum absolute atomic E-state index is 0.132. The number of carbonyl (C=O) groups excluding carboxylic acids is 2. The van der Waals surface area contributed by atoms with Gasteiger partial charge in [-0.05, 0) is 25.1 Å². The summed E-state index contributed by atoms with van der Waals surface area (Å²) in [4.78, 5) is 34.1. The van der Waals surface area contributed by atoms with E-state index in [4.69, 9.17) is 4.74 Å². The lowest BCUT2D eigenvalue weighted by molar-refractivity contribution is 0.0824. The second-order valence-electron chi connectivity index (χ2n) is 6.02. The van der Waals surface area contributed by atoms with Gasteiger partial charge >= 0.3 is 6.03 Å². The molecular weight excluding hydrogens is 334 g/mol. The zero-order chi connectivity index (χ0) is 19.1. The molecule has 0 unspecified atom stereocenters. The van der Waals surface area contributed by atoms with Crippen LogP contribution in [-0.4, -0.2) is 54.1 Å². The van der Waals surface area contributed by atoms with Crippen molar-refractivity contribution in [1.82, 2.24) is 20.2 Å². The largest absolute Gasteiger partial charge is 0.496 e. The molecule has 138 valence electrons. The van der Waals surface area contributed by atoms with E-state index in [9.17, 15) is 9.59 Å². The van der Waals surface area contributed by atoms with Gasteiger partial charge in [-0.15, -0.1) is 0 Å².